The maximum absolute atomic E-state index is 5.41. The zero-order chi connectivity index (χ0) is 16.1. The molecule has 0 aliphatic rings. The Bertz CT molecular complexity index is 820. The molecule has 0 fully saturated rings. The third-order valence-corrected chi connectivity index (χ3v) is 3.35. The Balaban J connectivity index is 1.65. The molecule has 1 aromatic heterocycles. The summed E-state index contributed by atoms with van der Waals surface area (Å²) in [6.45, 7) is 2.61. The van der Waals surface area contributed by atoms with Crippen LogP contribution in [0, 0.1) is 0 Å². The molecular formula is C17H16N4OS. The van der Waals surface area contributed by atoms with Gasteiger partial charge in [0.15, 0.2) is 5.11 Å². The SMILES string of the molecule is CCOc1ccc(NC(=S)Nc2ccc3nccnc3c2)cc1. The minimum Gasteiger partial charge on any atom is -0.494 e. The summed E-state index contributed by atoms with van der Waals surface area (Å²) in [7, 11) is 0. The minimum absolute atomic E-state index is 0.511. The topological polar surface area (TPSA) is 59.1 Å². The summed E-state index contributed by atoms with van der Waals surface area (Å²) in [5.74, 6) is 0.838. The molecule has 116 valence electrons. The minimum atomic E-state index is 0.511. The van der Waals surface area contributed by atoms with Crippen LogP contribution in [-0.2, 0) is 0 Å². The number of thiocarbonyl (C=S) groups is 1. The van der Waals surface area contributed by atoms with E-state index in [1.54, 1.807) is 12.4 Å². The molecule has 0 atom stereocenters. The predicted molar refractivity (Wildman–Crippen MR) is 97.0 cm³/mol. The molecule has 23 heavy (non-hydrogen) atoms. The number of benzene rings is 2. The van der Waals surface area contributed by atoms with E-state index in [0.29, 0.717) is 11.7 Å². The van der Waals surface area contributed by atoms with E-state index >= 15 is 0 Å². The highest BCUT2D eigenvalue weighted by Gasteiger charge is 2.02. The quantitative estimate of drug-likeness (QED) is 0.711. The molecule has 2 N–H and O–H groups in total. The zero-order valence-electron chi connectivity index (χ0n) is 12.6. The number of ether oxygens (including phenoxy) is 1. The van der Waals surface area contributed by atoms with Gasteiger partial charge in [0.2, 0.25) is 0 Å². The van der Waals surface area contributed by atoms with Crippen LogP contribution < -0.4 is 15.4 Å². The number of nitrogens with zero attached hydrogens (tertiary/aromatic N) is 2. The lowest BCUT2D eigenvalue weighted by molar-refractivity contribution is 0.340. The molecule has 0 bridgehead atoms. The number of nitrogens with one attached hydrogen (secondary N) is 2. The third kappa shape index (κ3) is 3.92. The van der Waals surface area contributed by atoms with Gasteiger partial charge in [-0.05, 0) is 61.6 Å². The van der Waals surface area contributed by atoms with Crippen LogP contribution in [0.1, 0.15) is 6.92 Å². The predicted octanol–water partition coefficient (Wildman–Crippen LogP) is 3.84. The molecule has 0 saturated carbocycles. The molecule has 0 spiro atoms. The Hall–Kier alpha value is -2.73. The van der Waals surface area contributed by atoms with E-state index in [-0.39, 0.29) is 0 Å². The molecular weight excluding hydrogens is 308 g/mol. The number of aromatic nitrogens is 2. The molecule has 0 radical (unpaired) electrons. The van der Waals surface area contributed by atoms with E-state index in [0.717, 1.165) is 28.2 Å². The average molecular weight is 324 g/mol. The van der Waals surface area contributed by atoms with Gasteiger partial charge >= 0.3 is 0 Å². The standard InChI is InChI=1S/C17H16N4OS/c1-2-22-14-6-3-12(4-7-14)20-17(23)21-13-5-8-15-16(11-13)19-10-9-18-15/h3-11H,2H2,1H3,(H2,20,21,23). The Labute approximate surface area is 139 Å². The fourth-order valence-electron chi connectivity index (χ4n) is 2.14. The van der Waals surface area contributed by atoms with Crippen molar-refractivity contribution in [2.45, 2.75) is 6.92 Å². The van der Waals surface area contributed by atoms with Gasteiger partial charge in [0.1, 0.15) is 5.75 Å². The van der Waals surface area contributed by atoms with Crippen molar-refractivity contribution in [3.05, 3.63) is 54.9 Å². The van der Waals surface area contributed by atoms with Crippen molar-refractivity contribution < 1.29 is 4.74 Å². The highest BCUT2D eigenvalue weighted by atomic mass is 32.1. The number of hydrogen-bond donors (Lipinski definition) is 2. The molecule has 0 saturated heterocycles. The summed E-state index contributed by atoms with van der Waals surface area (Å²) >= 11 is 5.34. The summed E-state index contributed by atoms with van der Waals surface area (Å²) in [6, 6.07) is 13.4. The van der Waals surface area contributed by atoms with Crippen molar-refractivity contribution in [3.63, 3.8) is 0 Å². The van der Waals surface area contributed by atoms with Gasteiger partial charge in [0.05, 0.1) is 17.6 Å². The molecule has 0 aliphatic heterocycles. The fraction of sp³-hybridized carbons (Fsp3) is 0.118. The zero-order valence-corrected chi connectivity index (χ0v) is 13.4. The summed E-state index contributed by atoms with van der Waals surface area (Å²) in [4.78, 5) is 8.52. The third-order valence-electron chi connectivity index (χ3n) is 3.15. The lowest BCUT2D eigenvalue weighted by atomic mass is 10.2. The summed E-state index contributed by atoms with van der Waals surface area (Å²) in [6.07, 6.45) is 3.34. The van der Waals surface area contributed by atoms with Crippen molar-refractivity contribution in [1.29, 1.82) is 0 Å². The molecule has 6 heteroatoms. The van der Waals surface area contributed by atoms with Gasteiger partial charge in [0.25, 0.3) is 0 Å². The van der Waals surface area contributed by atoms with E-state index < -0.39 is 0 Å². The van der Waals surface area contributed by atoms with Crippen LogP contribution in [0.5, 0.6) is 5.75 Å². The first kappa shape index (κ1) is 15.2. The average Bonchev–Trinajstić information content (AvgIpc) is 2.57. The molecule has 3 aromatic rings. The molecule has 5 nitrogen and oxygen atoms in total. The van der Waals surface area contributed by atoms with Gasteiger partial charge in [-0.2, -0.15) is 0 Å². The molecule has 0 aliphatic carbocycles. The van der Waals surface area contributed by atoms with E-state index in [1.807, 2.05) is 49.4 Å². The molecule has 0 unspecified atom stereocenters. The van der Waals surface area contributed by atoms with E-state index in [2.05, 4.69) is 20.6 Å². The maximum atomic E-state index is 5.41. The Morgan fingerprint density at radius 3 is 2.35 bits per heavy atom. The van der Waals surface area contributed by atoms with E-state index in [1.165, 1.54) is 0 Å². The van der Waals surface area contributed by atoms with E-state index in [9.17, 15) is 0 Å². The van der Waals surface area contributed by atoms with Crippen LogP contribution in [0.2, 0.25) is 0 Å². The summed E-state index contributed by atoms with van der Waals surface area (Å²) in [5, 5.41) is 6.79. The number of anilines is 2. The fourth-order valence-corrected chi connectivity index (χ4v) is 2.37. The van der Waals surface area contributed by atoms with Crippen molar-refractivity contribution in [1.82, 2.24) is 9.97 Å². The lowest BCUT2D eigenvalue weighted by Crippen LogP contribution is -2.18. The van der Waals surface area contributed by atoms with Crippen LogP contribution in [0.15, 0.2) is 54.9 Å². The first-order valence-electron chi connectivity index (χ1n) is 7.26. The monoisotopic (exact) mass is 324 g/mol. The number of fused-ring (bicyclic) bond motifs is 1. The van der Waals surface area contributed by atoms with Crippen LogP contribution in [-0.4, -0.2) is 21.7 Å². The van der Waals surface area contributed by atoms with Gasteiger partial charge in [-0.25, -0.2) is 0 Å². The van der Waals surface area contributed by atoms with Crippen LogP contribution in [0.3, 0.4) is 0 Å². The van der Waals surface area contributed by atoms with Crippen molar-refractivity contribution in [3.8, 4) is 5.75 Å². The molecule has 2 aromatic carbocycles. The van der Waals surface area contributed by atoms with Gasteiger partial charge in [-0.3, -0.25) is 9.97 Å². The smallest absolute Gasteiger partial charge is 0.175 e. The second-order valence-electron chi connectivity index (χ2n) is 4.80. The van der Waals surface area contributed by atoms with Crippen LogP contribution in [0.25, 0.3) is 11.0 Å². The molecule has 0 amide bonds. The largest absolute Gasteiger partial charge is 0.494 e. The van der Waals surface area contributed by atoms with Crippen molar-refractivity contribution >= 4 is 39.7 Å². The second-order valence-corrected chi connectivity index (χ2v) is 5.20. The normalized spacial score (nSPS) is 10.3. The maximum Gasteiger partial charge on any atom is 0.175 e. The Morgan fingerprint density at radius 1 is 0.957 bits per heavy atom. The van der Waals surface area contributed by atoms with Crippen LogP contribution >= 0.6 is 12.2 Å². The van der Waals surface area contributed by atoms with E-state index in [4.69, 9.17) is 17.0 Å². The first-order valence-corrected chi connectivity index (χ1v) is 7.67. The van der Waals surface area contributed by atoms with Crippen molar-refractivity contribution in [2.24, 2.45) is 0 Å². The Morgan fingerprint density at radius 2 is 1.61 bits per heavy atom. The second kappa shape index (κ2) is 7.02. The van der Waals surface area contributed by atoms with Gasteiger partial charge < -0.3 is 15.4 Å². The van der Waals surface area contributed by atoms with Gasteiger partial charge in [-0.1, -0.05) is 0 Å². The molecule has 3 rings (SSSR count). The van der Waals surface area contributed by atoms with Gasteiger partial charge in [0, 0.05) is 23.8 Å². The summed E-state index contributed by atoms with van der Waals surface area (Å²) < 4.78 is 5.41. The number of rotatable bonds is 4. The highest BCUT2D eigenvalue weighted by Crippen LogP contribution is 2.17. The highest BCUT2D eigenvalue weighted by molar-refractivity contribution is 7.80. The Kier molecular flexibility index (Phi) is 4.63. The lowest BCUT2D eigenvalue weighted by Gasteiger charge is -2.11. The summed E-state index contributed by atoms with van der Waals surface area (Å²) in [5.41, 5.74) is 3.43. The number of hydrogen-bond acceptors (Lipinski definition) is 4. The van der Waals surface area contributed by atoms with Crippen molar-refractivity contribution in [2.75, 3.05) is 17.2 Å². The van der Waals surface area contributed by atoms with Crippen LogP contribution in [0.4, 0.5) is 11.4 Å². The molecule has 1 heterocycles. The first-order chi connectivity index (χ1) is 11.2. The van der Waals surface area contributed by atoms with Gasteiger partial charge in [-0.15, -0.1) is 0 Å².